The maximum Gasteiger partial charge on any atom is 0.307 e. The fraction of sp³-hybridized carbons (Fsp3) is 0.481. The topological polar surface area (TPSA) is 81.5 Å². The number of Topliss-reactive ketones (excluding diaryl/α,β-unsaturated/α-hetero) is 1. The second-order valence-corrected chi connectivity index (χ2v) is 10.6. The van der Waals surface area contributed by atoms with Crippen molar-refractivity contribution < 1.29 is 23.5 Å². The molecule has 2 aliphatic rings. The van der Waals surface area contributed by atoms with E-state index in [4.69, 9.17) is 4.74 Å². The molecule has 2 atom stereocenters. The summed E-state index contributed by atoms with van der Waals surface area (Å²) in [7, 11) is 0. The smallest absolute Gasteiger partial charge is 0.307 e. The molecule has 0 amide bonds. The second kappa shape index (κ2) is 13.3. The zero-order valence-electron chi connectivity index (χ0n) is 21.1. The van der Waals surface area contributed by atoms with Gasteiger partial charge in [-0.15, -0.1) is 12.4 Å². The highest BCUT2D eigenvalue weighted by molar-refractivity contribution is 8.14. The lowest BCUT2D eigenvalue weighted by molar-refractivity contribution is -0.143. The molecular weight excluding hydrogens is 517 g/mol. The van der Waals surface area contributed by atoms with Crippen LogP contribution in [-0.4, -0.2) is 56.5 Å². The highest BCUT2D eigenvalue weighted by Gasteiger charge is 2.41. The van der Waals surface area contributed by atoms with Crippen LogP contribution in [0.4, 0.5) is 4.39 Å². The number of aromatic nitrogens is 2. The zero-order valence-corrected chi connectivity index (χ0v) is 22.7. The summed E-state index contributed by atoms with van der Waals surface area (Å²) >= 11 is 1.28. The fourth-order valence-electron chi connectivity index (χ4n) is 4.60. The van der Waals surface area contributed by atoms with Gasteiger partial charge in [0, 0.05) is 42.9 Å². The Hall–Kier alpha value is -2.49. The van der Waals surface area contributed by atoms with Gasteiger partial charge in [0.15, 0.2) is 10.9 Å². The largest absolute Gasteiger partial charge is 0.466 e. The molecule has 1 aromatic carbocycles. The second-order valence-electron chi connectivity index (χ2n) is 9.24. The van der Waals surface area contributed by atoms with E-state index >= 15 is 0 Å². The number of nitrogens with zero attached hydrogens (tertiary/aromatic N) is 3. The maximum atomic E-state index is 14.8. The Bertz CT molecular complexity index is 1150. The number of hydrogen-bond acceptors (Lipinski definition) is 7. The molecule has 0 bridgehead atoms. The standard InChI is InChI=1S/C27H32FN3O4S.ClH/c1-3-35-25(33)12-15-31-14-10-21(29-31)16-20-17-30(13-11-24(20)36-18(2)32)26(27(34)19-8-9-19)22-6-4-5-7-23(22)28;/h4-7,10,14,16,19,24,26H,3,8-9,11-13,15,17H2,1-2H3;1H/b20-16-;/t24-,26+;/m0./s1. The molecule has 1 saturated heterocycles. The van der Waals surface area contributed by atoms with Crippen molar-refractivity contribution in [2.24, 2.45) is 5.92 Å². The third-order valence-electron chi connectivity index (χ3n) is 6.45. The van der Waals surface area contributed by atoms with Crippen LogP contribution in [0.1, 0.15) is 56.8 Å². The first kappa shape index (κ1) is 29.1. The van der Waals surface area contributed by atoms with Crippen LogP contribution in [0.15, 0.2) is 42.1 Å². The van der Waals surface area contributed by atoms with E-state index in [2.05, 4.69) is 5.10 Å². The van der Waals surface area contributed by atoms with Crippen molar-refractivity contribution in [3.8, 4) is 0 Å². The van der Waals surface area contributed by atoms with Crippen LogP contribution in [0.3, 0.4) is 0 Å². The molecule has 37 heavy (non-hydrogen) atoms. The summed E-state index contributed by atoms with van der Waals surface area (Å²) in [6.07, 6.45) is 6.36. The van der Waals surface area contributed by atoms with E-state index in [1.54, 1.807) is 42.9 Å². The first-order valence-corrected chi connectivity index (χ1v) is 13.3. The average Bonchev–Trinajstić information content (AvgIpc) is 3.60. The third-order valence-corrected chi connectivity index (χ3v) is 7.60. The summed E-state index contributed by atoms with van der Waals surface area (Å²) in [6.45, 7) is 5.11. The minimum atomic E-state index is -0.646. The Labute approximate surface area is 227 Å². The lowest BCUT2D eigenvalue weighted by atomic mass is 9.93. The van der Waals surface area contributed by atoms with Gasteiger partial charge in [0.2, 0.25) is 0 Å². The van der Waals surface area contributed by atoms with E-state index in [1.165, 1.54) is 17.8 Å². The SMILES string of the molecule is CCOC(=O)CCn1ccc(/C=C2/CN([C@@H](C(=O)C3CC3)c3ccccc3F)CC[C@@H]2SC(C)=O)n1.Cl. The molecule has 2 aromatic rings. The molecule has 0 spiro atoms. The van der Waals surface area contributed by atoms with Gasteiger partial charge in [0.25, 0.3) is 0 Å². The number of carbonyl (C=O) groups is 3. The number of halogens is 2. The minimum absolute atomic E-state index is 0. The fourth-order valence-corrected chi connectivity index (χ4v) is 5.52. The summed E-state index contributed by atoms with van der Waals surface area (Å²) in [5.74, 6) is -0.585. The summed E-state index contributed by atoms with van der Waals surface area (Å²) < 4.78 is 21.5. The molecule has 4 rings (SSSR count). The number of ketones is 1. The van der Waals surface area contributed by atoms with Gasteiger partial charge in [0.1, 0.15) is 5.82 Å². The van der Waals surface area contributed by atoms with Gasteiger partial charge in [-0.25, -0.2) is 4.39 Å². The number of benzene rings is 1. The zero-order chi connectivity index (χ0) is 25.7. The van der Waals surface area contributed by atoms with E-state index in [0.717, 1.165) is 18.4 Å². The molecule has 0 unspecified atom stereocenters. The highest BCUT2D eigenvalue weighted by Crippen LogP contribution is 2.40. The first-order valence-electron chi connectivity index (χ1n) is 12.4. The quantitative estimate of drug-likeness (QED) is 0.392. The third kappa shape index (κ3) is 7.75. The van der Waals surface area contributed by atoms with Crippen molar-refractivity contribution in [3.05, 3.63) is 59.2 Å². The first-order chi connectivity index (χ1) is 17.4. The molecule has 7 nitrogen and oxygen atoms in total. The average molecular weight is 550 g/mol. The molecular formula is C27H33ClFN3O4S. The van der Waals surface area contributed by atoms with Gasteiger partial charge in [-0.3, -0.25) is 24.0 Å². The van der Waals surface area contributed by atoms with Crippen LogP contribution in [0.2, 0.25) is 0 Å². The Balaban J connectivity index is 0.00000380. The Morgan fingerprint density at radius 3 is 2.65 bits per heavy atom. The highest BCUT2D eigenvalue weighted by atomic mass is 35.5. The van der Waals surface area contributed by atoms with Gasteiger partial charge in [0.05, 0.1) is 31.3 Å². The van der Waals surface area contributed by atoms with E-state index < -0.39 is 6.04 Å². The number of rotatable bonds is 10. The van der Waals surface area contributed by atoms with Crippen LogP contribution >= 0.6 is 24.2 Å². The molecule has 2 heterocycles. The minimum Gasteiger partial charge on any atom is -0.466 e. The van der Waals surface area contributed by atoms with Crippen molar-refractivity contribution in [1.82, 2.24) is 14.7 Å². The van der Waals surface area contributed by atoms with Gasteiger partial charge < -0.3 is 4.74 Å². The number of thioether (sulfide) groups is 1. The number of hydrogen-bond donors (Lipinski definition) is 0. The molecule has 200 valence electrons. The normalized spacial score (nSPS) is 19.8. The van der Waals surface area contributed by atoms with Crippen molar-refractivity contribution >= 4 is 47.1 Å². The molecule has 1 aliphatic heterocycles. The van der Waals surface area contributed by atoms with Crippen molar-refractivity contribution in [1.29, 1.82) is 0 Å². The predicted molar refractivity (Wildman–Crippen MR) is 144 cm³/mol. The van der Waals surface area contributed by atoms with Crippen molar-refractivity contribution in [3.63, 3.8) is 0 Å². The van der Waals surface area contributed by atoms with Gasteiger partial charge in [-0.05, 0) is 50.0 Å². The van der Waals surface area contributed by atoms with E-state index in [9.17, 15) is 18.8 Å². The molecule has 1 saturated carbocycles. The Kier molecular flexibility index (Phi) is 10.5. The number of carbonyl (C=O) groups excluding carboxylic acids is 3. The number of likely N-dealkylation sites (tertiary alicyclic amines) is 1. The molecule has 1 aliphatic carbocycles. The van der Waals surface area contributed by atoms with Crippen molar-refractivity contribution in [2.45, 2.75) is 57.4 Å². The maximum absolute atomic E-state index is 14.8. The van der Waals surface area contributed by atoms with Crippen molar-refractivity contribution in [2.75, 3.05) is 19.7 Å². The number of ether oxygens (including phenoxy) is 1. The van der Waals surface area contributed by atoms with E-state index in [0.29, 0.717) is 43.9 Å². The molecule has 0 radical (unpaired) electrons. The van der Waals surface area contributed by atoms with E-state index in [1.807, 2.05) is 17.0 Å². The van der Waals surface area contributed by atoms with Crippen LogP contribution in [0.5, 0.6) is 0 Å². The summed E-state index contributed by atoms with van der Waals surface area (Å²) in [5, 5.41) is 4.54. The summed E-state index contributed by atoms with van der Waals surface area (Å²) in [4.78, 5) is 39.0. The lowest BCUT2D eigenvalue weighted by Crippen LogP contribution is -2.43. The number of aryl methyl sites for hydroxylation is 1. The van der Waals surface area contributed by atoms with Gasteiger partial charge >= 0.3 is 5.97 Å². The van der Waals surface area contributed by atoms with Crippen LogP contribution in [0.25, 0.3) is 6.08 Å². The van der Waals surface area contributed by atoms with Crippen LogP contribution in [-0.2, 0) is 25.7 Å². The Morgan fingerprint density at radius 2 is 1.97 bits per heavy atom. The van der Waals surface area contributed by atoms with Crippen LogP contribution < -0.4 is 0 Å². The number of piperidine rings is 1. The summed E-state index contributed by atoms with van der Waals surface area (Å²) in [5.41, 5.74) is 2.09. The molecule has 10 heteroatoms. The molecule has 1 aromatic heterocycles. The van der Waals surface area contributed by atoms with Crippen LogP contribution in [0, 0.1) is 11.7 Å². The Morgan fingerprint density at radius 1 is 1.22 bits per heavy atom. The summed E-state index contributed by atoms with van der Waals surface area (Å²) in [6, 6.07) is 7.72. The lowest BCUT2D eigenvalue weighted by Gasteiger charge is -2.38. The monoisotopic (exact) mass is 549 g/mol. The molecule has 0 N–H and O–H groups in total. The number of esters is 1. The van der Waals surface area contributed by atoms with Gasteiger partial charge in [-0.1, -0.05) is 30.0 Å². The molecule has 2 fully saturated rings. The van der Waals surface area contributed by atoms with Gasteiger partial charge in [-0.2, -0.15) is 5.10 Å². The predicted octanol–water partition coefficient (Wildman–Crippen LogP) is 4.86. The van der Waals surface area contributed by atoms with E-state index in [-0.39, 0.29) is 52.7 Å².